The van der Waals surface area contributed by atoms with Crippen molar-refractivity contribution in [2.45, 2.75) is 58.8 Å². The van der Waals surface area contributed by atoms with Gasteiger partial charge in [-0.2, -0.15) is 0 Å². The number of carbonyl (C=O) groups is 2. The summed E-state index contributed by atoms with van der Waals surface area (Å²) >= 11 is 0. The lowest BCUT2D eigenvalue weighted by Gasteiger charge is -2.20. The van der Waals surface area contributed by atoms with E-state index in [4.69, 9.17) is 0 Å². The number of hydrogen-bond donors (Lipinski definition) is 1. The Bertz CT molecular complexity index is 344. The van der Waals surface area contributed by atoms with E-state index < -0.39 is 5.91 Å². The van der Waals surface area contributed by atoms with E-state index >= 15 is 0 Å². The molecule has 4 heteroatoms. The normalized spacial score (nSPS) is 14.6. The molecule has 0 aromatic carbocycles. The molecule has 0 saturated heterocycles. The van der Waals surface area contributed by atoms with Crippen LogP contribution in [-0.2, 0) is 9.59 Å². The molecule has 0 saturated carbocycles. The zero-order valence-electron chi connectivity index (χ0n) is 12.9. The first kappa shape index (κ1) is 16.7. The van der Waals surface area contributed by atoms with Crippen molar-refractivity contribution in [2.75, 3.05) is 19.6 Å². The van der Waals surface area contributed by atoms with Gasteiger partial charge in [0, 0.05) is 19.6 Å². The van der Waals surface area contributed by atoms with Gasteiger partial charge in [0.25, 0.3) is 0 Å². The fraction of sp³-hybridized carbons (Fsp3) is 0.750. The first-order valence-corrected chi connectivity index (χ1v) is 7.94. The van der Waals surface area contributed by atoms with Crippen molar-refractivity contribution >= 4 is 11.8 Å². The maximum absolute atomic E-state index is 12.0. The molecule has 0 bridgehead atoms. The Labute approximate surface area is 122 Å². The molecule has 114 valence electrons. The summed E-state index contributed by atoms with van der Waals surface area (Å²) < 4.78 is 0. The Balaban J connectivity index is 2.32. The molecule has 0 aromatic heterocycles. The number of rotatable bonds is 7. The molecule has 0 unspecified atom stereocenters. The Kier molecular flexibility index (Phi) is 8.00. The monoisotopic (exact) mass is 280 g/mol. The number of hydrogen-bond acceptors (Lipinski definition) is 2. The lowest BCUT2D eigenvalue weighted by Crippen LogP contribution is -2.44. The SMILES string of the molecule is CCCN(CCC)C(=O)C(=O)NCCC1=CCCCC1. The predicted molar refractivity (Wildman–Crippen MR) is 81.3 cm³/mol. The summed E-state index contributed by atoms with van der Waals surface area (Å²) in [5.74, 6) is -0.838. The van der Waals surface area contributed by atoms with Crippen LogP contribution in [0.1, 0.15) is 58.8 Å². The van der Waals surface area contributed by atoms with Gasteiger partial charge in [-0.15, -0.1) is 0 Å². The average Bonchev–Trinajstić information content (AvgIpc) is 2.47. The largest absolute Gasteiger partial charge is 0.348 e. The van der Waals surface area contributed by atoms with Crippen LogP contribution in [0.25, 0.3) is 0 Å². The fourth-order valence-corrected chi connectivity index (χ4v) is 2.54. The second-order valence-electron chi connectivity index (χ2n) is 5.41. The minimum Gasteiger partial charge on any atom is -0.348 e. The van der Waals surface area contributed by atoms with E-state index in [0.29, 0.717) is 19.6 Å². The maximum Gasteiger partial charge on any atom is 0.311 e. The van der Waals surface area contributed by atoms with E-state index in [1.807, 2.05) is 13.8 Å². The van der Waals surface area contributed by atoms with Crippen LogP contribution in [0.15, 0.2) is 11.6 Å². The molecule has 20 heavy (non-hydrogen) atoms. The molecular formula is C16H28N2O2. The van der Waals surface area contributed by atoms with Crippen molar-refractivity contribution in [1.82, 2.24) is 10.2 Å². The van der Waals surface area contributed by atoms with Gasteiger partial charge >= 0.3 is 11.8 Å². The topological polar surface area (TPSA) is 49.4 Å². The highest BCUT2D eigenvalue weighted by Gasteiger charge is 2.19. The first-order valence-electron chi connectivity index (χ1n) is 7.94. The van der Waals surface area contributed by atoms with Crippen LogP contribution < -0.4 is 5.32 Å². The third kappa shape index (κ3) is 5.76. The zero-order valence-corrected chi connectivity index (χ0v) is 12.9. The van der Waals surface area contributed by atoms with Gasteiger partial charge in [0.05, 0.1) is 0 Å². The highest BCUT2D eigenvalue weighted by Crippen LogP contribution is 2.19. The van der Waals surface area contributed by atoms with E-state index in [-0.39, 0.29) is 5.91 Å². The molecule has 0 fully saturated rings. The maximum atomic E-state index is 12.0. The van der Waals surface area contributed by atoms with Crippen molar-refractivity contribution in [3.8, 4) is 0 Å². The van der Waals surface area contributed by atoms with Crippen molar-refractivity contribution in [2.24, 2.45) is 0 Å². The van der Waals surface area contributed by atoms with Gasteiger partial charge in [-0.05, 0) is 44.9 Å². The quantitative estimate of drug-likeness (QED) is 0.576. The molecule has 0 aliphatic heterocycles. The highest BCUT2D eigenvalue weighted by molar-refractivity contribution is 6.35. The van der Waals surface area contributed by atoms with Crippen LogP contribution >= 0.6 is 0 Å². The fourth-order valence-electron chi connectivity index (χ4n) is 2.54. The van der Waals surface area contributed by atoms with Crippen molar-refractivity contribution in [1.29, 1.82) is 0 Å². The Morgan fingerprint density at radius 1 is 1.20 bits per heavy atom. The summed E-state index contributed by atoms with van der Waals surface area (Å²) in [7, 11) is 0. The lowest BCUT2D eigenvalue weighted by atomic mass is 9.97. The summed E-state index contributed by atoms with van der Waals surface area (Å²) in [6, 6.07) is 0. The van der Waals surface area contributed by atoms with E-state index in [0.717, 1.165) is 32.1 Å². The highest BCUT2D eigenvalue weighted by atomic mass is 16.2. The molecule has 1 aliphatic carbocycles. The van der Waals surface area contributed by atoms with Gasteiger partial charge in [-0.3, -0.25) is 9.59 Å². The number of nitrogens with one attached hydrogen (secondary N) is 1. The molecule has 0 radical (unpaired) electrons. The van der Waals surface area contributed by atoms with Crippen molar-refractivity contribution in [3.63, 3.8) is 0 Å². The second-order valence-corrected chi connectivity index (χ2v) is 5.41. The van der Waals surface area contributed by atoms with Crippen LogP contribution in [0.3, 0.4) is 0 Å². The average molecular weight is 280 g/mol. The zero-order chi connectivity index (χ0) is 14.8. The van der Waals surface area contributed by atoms with E-state index in [2.05, 4.69) is 11.4 Å². The summed E-state index contributed by atoms with van der Waals surface area (Å²) in [6.45, 7) is 5.92. The summed E-state index contributed by atoms with van der Waals surface area (Å²) in [5, 5.41) is 2.76. The molecule has 1 aliphatic rings. The minimum absolute atomic E-state index is 0.383. The number of amides is 2. The first-order chi connectivity index (χ1) is 9.69. The van der Waals surface area contributed by atoms with Crippen LogP contribution in [-0.4, -0.2) is 36.3 Å². The molecule has 1 N–H and O–H groups in total. The molecular weight excluding hydrogens is 252 g/mol. The Morgan fingerprint density at radius 3 is 2.45 bits per heavy atom. The smallest absolute Gasteiger partial charge is 0.311 e. The third-order valence-corrected chi connectivity index (χ3v) is 3.59. The number of nitrogens with zero attached hydrogens (tertiary/aromatic N) is 1. The van der Waals surface area contributed by atoms with Gasteiger partial charge in [-0.25, -0.2) is 0 Å². The Hall–Kier alpha value is -1.32. The van der Waals surface area contributed by atoms with Crippen molar-refractivity contribution < 1.29 is 9.59 Å². The predicted octanol–water partition coefficient (Wildman–Crippen LogP) is 2.64. The van der Waals surface area contributed by atoms with Gasteiger partial charge in [-0.1, -0.05) is 25.5 Å². The van der Waals surface area contributed by atoms with Crippen LogP contribution in [0.4, 0.5) is 0 Å². The standard InChI is InChI=1S/C16H28N2O2/c1-3-12-18(13-4-2)16(20)15(19)17-11-10-14-8-6-5-7-9-14/h8H,3-7,9-13H2,1-2H3,(H,17,19). The van der Waals surface area contributed by atoms with E-state index in [1.165, 1.54) is 18.4 Å². The third-order valence-electron chi connectivity index (χ3n) is 3.59. The molecule has 1 rings (SSSR count). The van der Waals surface area contributed by atoms with Crippen LogP contribution in [0.5, 0.6) is 0 Å². The van der Waals surface area contributed by atoms with Gasteiger partial charge in [0.1, 0.15) is 0 Å². The minimum atomic E-state index is -0.455. The molecule has 2 amide bonds. The van der Waals surface area contributed by atoms with E-state index in [1.54, 1.807) is 4.90 Å². The summed E-state index contributed by atoms with van der Waals surface area (Å²) in [6.07, 6.45) is 9.73. The summed E-state index contributed by atoms with van der Waals surface area (Å²) in [5.41, 5.74) is 1.42. The van der Waals surface area contributed by atoms with Gasteiger partial charge in [0.2, 0.25) is 0 Å². The molecule has 0 spiro atoms. The van der Waals surface area contributed by atoms with Crippen molar-refractivity contribution in [3.05, 3.63) is 11.6 Å². The molecule has 0 heterocycles. The van der Waals surface area contributed by atoms with Crippen LogP contribution in [0.2, 0.25) is 0 Å². The van der Waals surface area contributed by atoms with Gasteiger partial charge in [0.15, 0.2) is 0 Å². The second kappa shape index (κ2) is 9.56. The molecule has 4 nitrogen and oxygen atoms in total. The molecule has 0 aromatic rings. The molecule has 0 atom stereocenters. The van der Waals surface area contributed by atoms with Gasteiger partial charge < -0.3 is 10.2 Å². The van der Waals surface area contributed by atoms with Crippen LogP contribution in [0, 0.1) is 0 Å². The Morgan fingerprint density at radius 2 is 1.90 bits per heavy atom. The number of carbonyl (C=O) groups excluding carboxylic acids is 2. The number of allylic oxidation sites excluding steroid dienone is 1. The summed E-state index contributed by atoms with van der Waals surface area (Å²) in [4.78, 5) is 25.5. The lowest BCUT2D eigenvalue weighted by molar-refractivity contribution is -0.145. The van der Waals surface area contributed by atoms with E-state index in [9.17, 15) is 9.59 Å².